The molecule has 3 rings (SSSR count). The smallest absolute Gasteiger partial charge is 0.281 e. The lowest BCUT2D eigenvalue weighted by Crippen LogP contribution is -2.31. The number of imide groups is 1. The van der Waals surface area contributed by atoms with Crippen molar-refractivity contribution in [3.8, 4) is 0 Å². The van der Waals surface area contributed by atoms with Gasteiger partial charge in [0, 0.05) is 5.56 Å². The maximum Gasteiger partial charge on any atom is 0.281 e. The molecule has 2 aromatic rings. The first-order valence-electron chi connectivity index (χ1n) is 7.27. The molecule has 5 nitrogen and oxygen atoms in total. The lowest BCUT2D eigenvalue weighted by atomic mass is 10.2. The molecule has 0 atom stereocenters. The van der Waals surface area contributed by atoms with Gasteiger partial charge in [0.05, 0.1) is 6.54 Å². The highest BCUT2D eigenvalue weighted by atomic mass is 79.9. The van der Waals surface area contributed by atoms with Gasteiger partial charge in [-0.25, -0.2) is 4.99 Å². The van der Waals surface area contributed by atoms with Crippen molar-refractivity contribution in [3.63, 3.8) is 0 Å². The van der Waals surface area contributed by atoms with E-state index >= 15 is 0 Å². The maximum absolute atomic E-state index is 12.6. The van der Waals surface area contributed by atoms with Crippen LogP contribution in [0.25, 0.3) is 0 Å². The summed E-state index contributed by atoms with van der Waals surface area (Å²) in [6, 6.07) is 18.4. The van der Waals surface area contributed by atoms with E-state index in [0.29, 0.717) is 5.56 Å². The van der Waals surface area contributed by atoms with E-state index in [1.807, 2.05) is 48.5 Å². The minimum Gasteiger partial charge on any atom is -0.383 e. The Labute approximate surface area is 147 Å². The SMILES string of the molecule is NC(=NC1=C(Br)C(=O)N(Cc2ccccc2)C1=O)c1ccccc1. The Kier molecular flexibility index (Phi) is 4.57. The average molecular weight is 384 g/mol. The van der Waals surface area contributed by atoms with Gasteiger partial charge >= 0.3 is 0 Å². The molecule has 24 heavy (non-hydrogen) atoms. The van der Waals surface area contributed by atoms with Gasteiger partial charge in [0.25, 0.3) is 11.8 Å². The first-order valence-corrected chi connectivity index (χ1v) is 8.06. The summed E-state index contributed by atoms with van der Waals surface area (Å²) in [7, 11) is 0. The summed E-state index contributed by atoms with van der Waals surface area (Å²) in [6.07, 6.45) is 0. The van der Waals surface area contributed by atoms with Crippen LogP contribution in [0.4, 0.5) is 0 Å². The van der Waals surface area contributed by atoms with Crippen LogP contribution in [0.5, 0.6) is 0 Å². The molecule has 6 heteroatoms. The van der Waals surface area contributed by atoms with E-state index in [1.54, 1.807) is 12.1 Å². The number of hydrogen-bond acceptors (Lipinski definition) is 3. The van der Waals surface area contributed by atoms with Crippen LogP contribution < -0.4 is 5.73 Å². The van der Waals surface area contributed by atoms with Crippen molar-refractivity contribution < 1.29 is 9.59 Å². The molecule has 1 aliphatic rings. The van der Waals surface area contributed by atoms with Crippen LogP contribution in [0.3, 0.4) is 0 Å². The zero-order valence-electron chi connectivity index (χ0n) is 12.6. The molecule has 1 aliphatic heterocycles. The first kappa shape index (κ1) is 16.1. The fraction of sp³-hybridized carbons (Fsp3) is 0.0556. The number of benzene rings is 2. The number of rotatable bonds is 4. The van der Waals surface area contributed by atoms with Crippen molar-refractivity contribution in [3.05, 3.63) is 82.0 Å². The van der Waals surface area contributed by atoms with Gasteiger partial charge in [-0.15, -0.1) is 0 Å². The lowest BCUT2D eigenvalue weighted by molar-refractivity contribution is -0.138. The third-order valence-electron chi connectivity index (χ3n) is 3.57. The molecule has 0 aromatic heterocycles. The largest absolute Gasteiger partial charge is 0.383 e. The molecule has 0 radical (unpaired) electrons. The van der Waals surface area contributed by atoms with Crippen LogP contribution in [-0.2, 0) is 16.1 Å². The summed E-state index contributed by atoms with van der Waals surface area (Å²) in [5.41, 5.74) is 7.53. The molecule has 0 bridgehead atoms. The zero-order chi connectivity index (χ0) is 17.1. The Morgan fingerprint density at radius 1 is 0.958 bits per heavy atom. The summed E-state index contributed by atoms with van der Waals surface area (Å²) in [5, 5.41) is 0. The van der Waals surface area contributed by atoms with Crippen LogP contribution in [0, 0.1) is 0 Å². The second-order valence-corrected chi connectivity index (χ2v) is 6.00. The number of amidine groups is 1. The van der Waals surface area contributed by atoms with E-state index in [0.717, 1.165) is 10.5 Å². The normalized spacial score (nSPS) is 15.4. The molecule has 0 saturated carbocycles. The van der Waals surface area contributed by atoms with Crippen LogP contribution in [0.15, 0.2) is 75.8 Å². The van der Waals surface area contributed by atoms with Crippen LogP contribution in [-0.4, -0.2) is 22.5 Å². The van der Waals surface area contributed by atoms with Gasteiger partial charge in [0.1, 0.15) is 10.3 Å². The van der Waals surface area contributed by atoms with E-state index in [-0.39, 0.29) is 22.6 Å². The number of nitrogens with two attached hydrogens (primary N) is 1. The van der Waals surface area contributed by atoms with E-state index in [1.165, 1.54) is 0 Å². The monoisotopic (exact) mass is 383 g/mol. The number of hydrogen-bond donors (Lipinski definition) is 1. The predicted octanol–water partition coefficient (Wildman–Crippen LogP) is 2.57. The van der Waals surface area contributed by atoms with Crippen LogP contribution in [0.2, 0.25) is 0 Å². The fourth-order valence-corrected chi connectivity index (χ4v) is 2.81. The average Bonchev–Trinajstić information content (AvgIpc) is 2.81. The number of halogens is 1. The Morgan fingerprint density at radius 2 is 1.54 bits per heavy atom. The van der Waals surface area contributed by atoms with Gasteiger partial charge in [-0.05, 0) is 21.5 Å². The van der Waals surface area contributed by atoms with Gasteiger partial charge in [-0.2, -0.15) is 0 Å². The quantitative estimate of drug-likeness (QED) is 0.500. The van der Waals surface area contributed by atoms with Crippen LogP contribution >= 0.6 is 15.9 Å². The standard InChI is InChI=1S/C18H14BrN3O2/c19-14-15(21-16(20)13-9-5-2-6-10-13)18(24)22(17(14)23)11-12-7-3-1-4-8-12/h1-10H,11H2,(H2,20,21). The molecule has 2 aromatic carbocycles. The van der Waals surface area contributed by atoms with Crippen molar-refractivity contribution in [2.45, 2.75) is 6.54 Å². The molecule has 1 heterocycles. The van der Waals surface area contributed by atoms with Crippen molar-refractivity contribution in [2.24, 2.45) is 10.7 Å². The summed E-state index contributed by atoms with van der Waals surface area (Å²) in [6.45, 7) is 0.192. The molecule has 0 saturated heterocycles. The van der Waals surface area contributed by atoms with Gasteiger partial charge in [0.2, 0.25) is 0 Å². The third-order valence-corrected chi connectivity index (χ3v) is 4.29. The molecule has 2 N–H and O–H groups in total. The lowest BCUT2D eigenvalue weighted by Gasteiger charge is -2.14. The second-order valence-electron chi connectivity index (χ2n) is 5.21. The molecule has 0 unspecified atom stereocenters. The number of carbonyl (C=O) groups is 2. The topological polar surface area (TPSA) is 75.8 Å². The molecule has 2 amide bonds. The van der Waals surface area contributed by atoms with Gasteiger partial charge in [0.15, 0.2) is 5.70 Å². The molecule has 0 spiro atoms. The van der Waals surface area contributed by atoms with Crippen molar-refractivity contribution in [1.82, 2.24) is 4.90 Å². The van der Waals surface area contributed by atoms with Crippen molar-refractivity contribution in [2.75, 3.05) is 0 Å². The fourth-order valence-electron chi connectivity index (χ4n) is 2.33. The molecule has 0 aliphatic carbocycles. The third kappa shape index (κ3) is 3.14. The number of amides is 2. The Hall–Kier alpha value is -2.73. The van der Waals surface area contributed by atoms with E-state index in [4.69, 9.17) is 5.73 Å². The highest BCUT2D eigenvalue weighted by Crippen LogP contribution is 2.28. The summed E-state index contributed by atoms with van der Waals surface area (Å²) >= 11 is 3.17. The molecule has 0 fully saturated rings. The second kappa shape index (κ2) is 6.80. The molecular formula is C18H14BrN3O2. The van der Waals surface area contributed by atoms with Gasteiger partial charge < -0.3 is 5.73 Å². The Bertz CT molecular complexity index is 845. The van der Waals surface area contributed by atoms with Crippen molar-refractivity contribution >= 4 is 33.6 Å². The highest BCUT2D eigenvalue weighted by Gasteiger charge is 2.37. The van der Waals surface area contributed by atoms with Gasteiger partial charge in [-0.3, -0.25) is 14.5 Å². The first-order chi connectivity index (χ1) is 11.6. The predicted molar refractivity (Wildman–Crippen MR) is 95.1 cm³/mol. The van der Waals surface area contributed by atoms with E-state index in [9.17, 15) is 9.59 Å². The number of carbonyl (C=O) groups excluding carboxylic acids is 2. The van der Waals surface area contributed by atoms with E-state index in [2.05, 4.69) is 20.9 Å². The number of nitrogens with zero attached hydrogens (tertiary/aromatic N) is 2. The molecular weight excluding hydrogens is 370 g/mol. The summed E-state index contributed by atoms with van der Waals surface area (Å²) in [5.74, 6) is -0.691. The van der Waals surface area contributed by atoms with E-state index < -0.39 is 11.8 Å². The highest BCUT2D eigenvalue weighted by molar-refractivity contribution is 9.12. The van der Waals surface area contributed by atoms with Crippen molar-refractivity contribution in [1.29, 1.82) is 0 Å². The summed E-state index contributed by atoms with van der Waals surface area (Å²) in [4.78, 5) is 30.2. The minimum absolute atomic E-state index is 0.0253. The minimum atomic E-state index is -0.463. The maximum atomic E-state index is 12.6. The Balaban J connectivity index is 1.87. The van der Waals surface area contributed by atoms with Gasteiger partial charge in [-0.1, -0.05) is 60.7 Å². The number of aliphatic imine (C=N–C) groups is 1. The zero-order valence-corrected chi connectivity index (χ0v) is 14.2. The Morgan fingerprint density at radius 3 is 2.17 bits per heavy atom. The van der Waals surface area contributed by atoms with Crippen LogP contribution in [0.1, 0.15) is 11.1 Å². The summed E-state index contributed by atoms with van der Waals surface area (Å²) < 4.78 is 0.127. The molecule has 120 valence electrons.